The summed E-state index contributed by atoms with van der Waals surface area (Å²) in [6.45, 7) is 2.10. The molecule has 0 spiro atoms. The molecule has 0 radical (unpaired) electrons. The van der Waals surface area contributed by atoms with Crippen LogP contribution in [0.4, 0.5) is 0 Å². The van der Waals surface area contributed by atoms with E-state index in [2.05, 4.69) is 6.92 Å². The predicted octanol–water partition coefficient (Wildman–Crippen LogP) is 3.68. The number of aliphatic hydroxyl groups excluding tert-OH is 1. The van der Waals surface area contributed by atoms with Crippen LogP contribution in [0.15, 0.2) is 12.2 Å². The Kier molecular flexibility index (Phi) is 10.3. The van der Waals surface area contributed by atoms with E-state index < -0.39 is 12.1 Å². The van der Waals surface area contributed by atoms with E-state index in [1.807, 2.05) is 0 Å². The first-order valence-corrected chi connectivity index (χ1v) is 9.57. The molecule has 5 heteroatoms. The normalized spacial score (nSPS) is 23.4. The van der Waals surface area contributed by atoms with Gasteiger partial charge in [-0.1, -0.05) is 32.3 Å². The topological polar surface area (TPSA) is 91.7 Å². The van der Waals surface area contributed by atoms with E-state index in [-0.39, 0.29) is 29.8 Å². The molecule has 0 aliphatic heterocycles. The summed E-state index contributed by atoms with van der Waals surface area (Å²) in [4.78, 5) is 34.4. The van der Waals surface area contributed by atoms with Gasteiger partial charge in [-0.25, -0.2) is 4.79 Å². The fourth-order valence-corrected chi connectivity index (χ4v) is 3.62. The third-order valence-corrected chi connectivity index (χ3v) is 5.05. The Hall–Kier alpha value is -1.49. The van der Waals surface area contributed by atoms with Crippen LogP contribution in [-0.4, -0.2) is 33.9 Å². The number of aliphatic hydroxyl groups is 1. The first kappa shape index (κ1) is 21.6. The van der Waals surface area contributed by atoms with Gasteiger partial charge in [0, 0.05) is 31.3 Å². The van der Waals surface area contributed by atoms with Gasteiger partial charge in [0.05, 0.1) is 6.10 Å². The fourth-order valence-electron chi connectivity index (χ4n) is 3.62. The van der Waals surface area contributed by atoms with Crippen LogP contribution in [0.2, 0.25) is 0 Å². The first-order chi connectivity index (χ1) is 12.0. The molecule has 0 bridgehead atoms. The number of allylic oxidation sites excluding steroid dienone is 1. The van der Waals surface area contributed by atoms with Gasteiger partial charge in [0.15, 0.2) is 0 Å². The Balaban J connectivity index is 2.36. The molecule has 0 aromatic carbocycles. The van der Waals surface area contributed by atoms with Gasteiger partial charge >= 0.3 is 5.97 Å². The zero-order valence-corrected chi connectivity index (χ0v) is 15.3. The van der Waals surface area contributed by atoms with Crippen molar-refractivity contribution >= 4 is 17.5 Å². The summed E-state index contributed by atoms with van der Waals surface area (Å²) in [6, 6.07) is 0. The lowest BCUT2D eigenvalue weighted by Crippen LogP contribution is -2.21. The van der Waals surface area contributed by atoms with Crippen molar-refractivity contribution in [3.05, 3.63) is 12.2 Å². The minimum absolute atomic E-state index is 0.0998. The number of unbranched alkanes of at least 4 members (excludes halogenated alkanes) is 4. The molecule has 1 saturated carbocycles. The minimum atomic E-state index is -0.947. The van der Waals surface area contributed by atoms with Crippen molar-refractivity contribution in [1.29, 1.82) is 0 Å². The number of ketones is 2. The maximum Gasteiger partial charge on any atom is 0.327 e. The quantitative estimate of drug-likeness (QED) is 0.390. The largest absolute Gasteiger partial charge is 0.478 e. The van der Waals surface area contributed by atoms with E-state index >= 15 is 0 Å². The summed E-state index contributed by atoms with van der Waals surface area (Å²) in [5, 5.41) is 18.7. The van der Waals surface area contributed by atoms with E-state index in [9.17, 15) is 19.5 Å². The standard InChI is InChI=1S/C20H32O5/c1-2-3-6-9-15(21)12-13-17-16(18(22)14-19(17)23)10-7-4-5-8-11-20(24)25/h8,11,16-17,19,23H,2-7,9-10,12-14H2,1H3,(H,24,25)/b11-8+. The molecule has 25 heavy (non-hydrogen) atoms. The molecule has 1 aliphatic rings. The van der Waals surface area contributed by atoms with Crippen LogP contribution in [0.3, 0.4) is 0 Å². The summed E-state index contributed by atoms with van der Waals surface area (Å²) in [6.07, 6.45) is 10.1. The number of carbonyl (C=O) groups is 3. The average molecular weight is 352 g/mol. The van der Waals surface area contributed by atoms with E-state index in [4.69, 9.17) is 5.11 Å². The van der Waals surface area contributed by atoms with Crippen LogP contribution in [0.1, 0.15) is 77.6 Å². The molecule has 1 rings (SSSR count). The van der Waals surface area contributed by atoms with Crippen molar-refractivity contribution in [3.63, 3.8) is 0 Å². The number of carboxylic acids is 1. The van der Waals surface area contributed by atoms with E-state index in [1.54, 1.807) is 6.08 Å². The summed E-state index contributed by atoms with van der Waals surface area (Å²) in [7, 11) is 0. The number of hydrogen-bond donors (Lipinski definition) is 2. The van der Waals surface area contributed by atoms with Crippen LogP contribution in [0.25, 0.3) is 0 Å². The average Bonchev–Trinajstić information content (AvgIpc) is 2.82. The zero-order valence-electron chi connectivity index (χ0n) is 15.3. The van der Waals surface area contributed by atoms with Crippen molar-refractivity contribution in [1.82, 2.24) is 0 Å². The third kappa shape index (κ3) is 8.43. The van der Waals surface area contributed by atoms with E-state index in [0.717, 1.165) is 38.2 Å². The van der Waals surface area contributed by atoms with Gasteiger partial charge in [-0.05, 0) is 38.0 Å². The van der Waals surface area contributed by atoms with Crippen molar-refractivity contribution in [2.45, 2.75) is 83.7 Å². The van der Waals surface area contributed by atoms with Crippen molar-refractivity contribution in [2.75, 3.05) is 0 Å². The van der Waals surface area contributed by atoms with Gasteiger partial charge in [-0.3, -0.25) is 9.59 Å². The summed E-state index contributed by atoms with van der Waals surface area (Å²) >= 11 is 0. The second-order valence-corrected chi connectivity index (χ2v) is 7.07. The molecule has 1 fully saturated rings. The maximum atomic E-state index is 12.1. The maximum absolute atomic E-state index is 12.1. The summed E-state index contributed by atoms with van der Waals surface area (Å²) in [5.41, 5.74) is 0. The molecule has 0 heterocycles. The van der Waals surface area contributed by atoms with Gasteiger partial charge in [0.1, 0.15) is 11.6 Å². The van der Waals surface area contributed by atoms with Gasteiger partial charge in [0.2, 0.25) is 0 Å². The summed E-state index contributed by atoms with van der Waals surface area (Å²) < 4.78 is 0. The van der Waals surface area contributed by atoms with Crippen LogP contribution in [-0.2, 0) is 14.4 Å². The SMILES string of the molecule is CCCCCC(=O)CCC1C(O)CC(=O)C1CCCC/C=C/C(=O)O. The molecule has 3 unspecified atom stereocenters. The Morgan fingerprint density at radius 1 is 1.12 bits per heavy atom. The number of rotatable bonds is 13. The van der Waals surface area contributed by atoms with Crippen molar-refractivity contribution < 1.29 is 24.6 Å². The van der Waals surface area contributed by atoms with Gasteiger partial charge < -0.3 is 10.2 Å². The van der Waals surface area contributed by atoms with Crippen molar-refractivity contribution in [2.24, 2.45) is 11.8 Å². The van der Waals surface area contributed by atoms with Gasteiger partial charge in [-0.2, -0.15) is 0 Å². The second kappa shape index (κ2) is 12.0. The number of aliphatic carboxylic acids is 1. The first-order valence-electron chi connectivity index (χ1n) is 9.57. The fraction of sp³-hybridized carbons (Fsp3) is 0.750. The smallest absolute Gasteiger partial charge is 0.327 e. The lowest BCUT2D eigenvalue weighted by atomic mass is 9.85. The van der Waals surface area contributed by atoms with Crippen LogP contribution in [0, 0.1) is 11.8 Å². The molecule has 1 aliphatic carbocycles. The molecule has 0 aromatic heterocycles. The molecule has 3 atom stereocenters. The molecule has 0 amide bonds. The Labute approximate surface area is 150 Å². The molecule has 0 saturated heterocycles. The van der Waals surface area contributed by atoms with Crippen LogP contribution < -0.4 is 0 Å². The highest BCUT2D eigenvalue weighted by Gasteiger charge is 2.40. The molecule has 0 aromatic rings. The molecular weight excluding hydrogens is 320 g/mol. The molecule has 142 valence electrons. The van der Waals surface area contributed by atoms with Crippen LogP contribution >= 0.6 is 0 Å². The van der Waals surface area contributed by atoms with Crippen molar-refractivity contribution in [3.8, 4) is 0 Å². The predicted molar refractivity (Wildman–Crippen MR) is 96.2 cm³/mol. The number of carbonyl (C=O) groups excluding carboxylic acids is 2. The number of carboxylic acid groups (broad SMARTS) is 1. The minimum Gasteiger partial charge on any atom is -0.478 e. The van der Waals surface area contributed by atoms with Gasteiger partial charge in [-0.15, -0.1) is 0 Å². The van der Waals surface area contributed by atoms with Gasteiger partial charge in [0.25, 0.3) is 0 Å². The molecular formula is C20H32O5. The third-order valence-electron chi connectivity index (χ3n) is 5.05. The van der Waals surface area contributed by atoms with Crippen LogP contribution in [0.5, 0.6) is 0 Å². The lowest BCUT2D eigenvalue weighted by Gasteiger charge is -2.20. The highest BCUT2D eigenvalue weighted by molar-refractivity contribution is 5.84. The molecule has 5 nitrogen and oxygen atoms in total. The summed E-state index contributed by atoms with van der Waals surface area (Å²) in [5.74, 6) is -0.855. The van der Waals surface area contributed by atoms with E-state index in [0.29, 0.717) is 32.1 Å². The molecule has 2 N–H and O–H groups in total. The number of Topliss-reactive ketones (excluding diaryl/α,β-unsaturated/α-hetero) is 2. The highest BCUT2D eigenvalue weighted by atomic mass is 16.4. The Morgan fingerprint density at radius 3 is 2.56 bits per heavy atom. The monoisotopic (exact) mass is 352 g/mol. The zero-order chi connectivity index (χ0) is 18.7. The Morgan fingerprint density at radius 2 is 1.88 bits per heavy atom. The Bertz CT molecular complexity index is 469. The number of hydrogen-bond acceptors (Lipinski definition) is 4. The van der Waals surface area contributed by atoms with E-state index in [1.165, 1.54) is 0 Å². The lowest BCUT2D eigenvalue weighted by molar-refractivity contribution is -0.131. The highest BCUT2D eigenvalue weighted by Crippen LogP contribution is 2.36. The second-order valence-electron chi connectivity index (χ2n) is 7.07.